The summed E-state index contributed by atoms with van der Waals surface area (Å²) in [5, 5.41) is 8.15. The summed E-state index contributed by atoms with van der Waals surface area (Å²) in [5.41, 5.74) is 3.23. The number of rotatable bonds is 7. The first-order chi connectivity index (χ1) is 13.5. The van der Waals surface area contributed by atoms with Crippen molar-refractivity contribution >= 4 is 57.9 Å². The molecule has 0 aliphatic rings. The quantitative estimate of drug-likeness (QED) is 0.502. The summed E-state index contributed by atoms with van der Waals surface area (Å²) in [6.45, 7) is 1.45. The molecule has 2 N–H and O–H groups in total. The number of carbonyl (C=O) groups is 2. The SMILES string of the molecule is CC(=O)Nc1ccc(NC(=O)Cc2csc(SCc3cccc(Cl)c3)n2)cc1. The van der Waals surface area contributed by atoms with E-state index in [0.29, 0.717) is 11.4 Å². The average molecular weight is 432 g/mol. The molecule has 5 nitrogen and oxygen atoms in total. The van der Waals surface area contributed by atoms with E-state index in [-0.39, 0.29) is 18.2 Å². The van der Waals surface area contributed by atoms with Crippen molar-refractivity contribution < 1.29 is 9.59 Å². The van der Waals surface area contributed by atoms with Gasteiger partial charge in [0.05, 0.1) is 12.1 Å². The molecule has 0 saturated carbocycles. The third-order valence-corrected chi connectivity index (χ3v) is 5.99. The predicted molar refractivity (Wildman–Crippen MR) is 116 cm³/mol. The van der Waals surface area contributed by atoms with E-state index in [1.807, 2.05) is 29.6 Å². The van der Waals surface area contributed by atoms with Crippen molar-refractivity contribution in [3.05, 3.63) is 70.2 Å². The van der Waals surface area contributed by atoms with Crippen molar-refractivity contribution in [2.24, 2.45) is 0 Å². The standard InChI is InChI=1S/C20H18ClN3O2S2/c1-13(25)22-16-5-7-17(8-6-16)23-19(26)10-18-12-28-20(24-18)27-11-14-3-2-4-15(21)9-14/h2-9,12H,10-11H2,1H3,(H,22,25)(H,23,26). The zero-order chi connectivity index (χ0) is 19.9. The molecule has 0 spiro atoms. The summed E-state index contributed by atoms with van der Waals surface area (Å²) < 4.78 is 0.919. The number of thioether (sulfide) groups is 1. The van der Waals surface area contributed by atoms with Crippen LogP contribution in [-0.4, -0.2) is 16.8 Å². The van der Waals surface area contributed by atoms with E-state index in [0.717, 1.165) is 26.4 Å². The fourth-order valence-electron chi connectivity index (χ4n) is 2.42. The summed E-state index contributed by atoms with van der Waals surface area (Å²) in [4.78, 5) is 27.8. The second-order valence-electron chi connectivity index (χ2n) is 6.01. The second kappa shape index (κ2) is 9.73. The van der Waals surface area contributed by atoms with Crippen molar-refractivity contribution in [2.45, 2.75) is 23.4 Å². The molecule has 0 aliphatic heterocycles. The van der Waals surface area contributed by atoms with Crippen LogP contribution in [0.25, 0.3) is 0 Å². The monoisotopic (exact) mass is 431 g/mol. The summed E-state index contributed by atoms with van der Waals surface area (Å²) in [5.74, 6) is 0.508. The first-order valence-electron chi connectivity index (χ1n) is 8.47. The van der Waals surface area contributed by atoms with Crippen LogP contribution in [0.5, 0.6) is 0 Å². The number of benzene rings is 2. The molecule has 0 unspecified atom stereocenters. The number of amides is 2. The fraction of sp³-hybridized carbons (Fsp3) is 0.150. The summed E-state index contributed by atoms with van der Waals surface area (Å²) in [7, 11) is 0. The molecule has 0 bridgehead atoms. The minimum Gasteiger partial charge on any atom is -0.326 e. The predicted octanol–water partition coefficient (Wildman–Crippen LogP) is 5.23. The molecule has 144 valence electrons. The summed E-state index contributed by atoms with van der Waals surface area (Å²) in [6, 6.07) is 14.7. The Kier molecular flexibility index (Phi) is 7.08. The fourth-order valence-corrected chi connectivity index (χ4v) is 4.42. The lowest BCUT2D eigenvalue weighted by Gasteiger charge is -2.06. The van der Waals surface area contributed by atoms with Gasteiger partial charge in [0, 0.05) is 34.5 Å². The van der Waals surface area contributed by atoms with Gasteiger partial charge in [-0.15, -0.1) is 11.3 Å². The molecule has 8 heteroatoms. The zero-order valence-electron chi connectivity index (χ0n) is 15.1. The number of halogens is 1. The number of anilines is 2. The molecule has 28 heavy (non-hydrogen) atoms. The van der Waals surface area contributed by atoms with Crippen molar-refractivity contribution in [1.82, 2.24) is 4.98 Å². The van der Waals surface area contributed by atoms with Gasteiger partial charge in [0.25, 0.3) is 0 Å². The van der Waals surface area contributed by atoms with Gasteiger partial charge in [-0.1, -0.05) is 35.5 Å². The molecular formula is C20H18ClN3O2S2. The number of nitrogens with zero attached hydrogens (tertiary/aromatic N) is 1. The topological polar surface area (TPSA) is 71.1 Å². The molecule has 2 aromatic carbocycles. The van der Waals surface area contributed by atoms with Crippen LogP contribution >= 0.6 is 34.7 Å². The molecule has 0 aliphatic carbocycles. The number of hydrogen-bond acceptors (Lipinski definition) is 5. The molecule has 3 rings (SSSR count). The van der Waals surface area contributed by atoms with Gasteiger partial charge in [-0.25, -0.2) is 4.98 Å². The van der Waals surface area contributed by atoms with Crippen molar-refractivity contribution in [2.75, 3.05) is 10.6 Å². The first-order valence-corrected chi connectivity index (χ1v) is 10.7. The number of thiazole rings is 1. The Labute approximate surface area is 176 Å². The Morgan fingerprint density at radius 2 is 1.82 bits per heavy atom. The third-order valence-electron chi connectivity index (χ3n) is 3.61. The molecule has 3 aromatic rings. The Hall–Kier alpha value is -2.35. The van der Waals surface area contributed by atoms with Crippen molar-refractivity contribution in [1.29, 1.82) is 0 Å². The number of nitrogens with one attached hydrogen (secondary N) is 2. The van der Waals surface area contributed by atoms with Crippen LogP contribution in [0.15, 0.2) is 58.3 Å². The molecule has 0 saturated heterocycles. The van der Waals surface area contributed by atoms with E-state index < -0.39 is 0 Å². The molecular weight excluding hydrogens is 414 g/mol. The highest BCUT2D eigenvalue weighted by Crippen LogP contribution is 2.27. The number of carbonyl (C=O) groups excluding carboxylic acids is 2. The van der Waals surface area contributed by atoms with Gasteiger partial charge >= 0.3 is 0 Å². The molecule has 1 aromatic heterocycles. The number of hydrogen-bond donors (Lipinski definition) is 2. The lowest BCUT2D eigenvalue weighted by Crippen LogP contribution is -2.14. The van der Waals surface area contributed by atoms with Gasteiger partial charge in [0.2, 0.25) is 11.8 Å². The van der Waals surface area contributed by atoms with Crippen molar-refractivity contribution in [3.8, 4) is 0 Å². The van der Waals surface area contributed by atoms with Crippen molar-refractivity contribution in [3.63, 3.8) is 0 Å². The molecule has 0 fully saturated rings. The minimum atomic E-state index is -0.135. The molecule has 2 amide bonds. The lowest BCUT2D eigenvalue weighted by molar-refractivity contribution is -0.116. The highest BCUT2D eigenvalue weighted by Gasteiger charge is 2.09. The average Bonchev–Trinajstić information content (AvgIpc) is 3.08. The first kappa shape index (κ1) is 20.4. The highest BCUT2D eigenvalue weighted by molar-refractivity contribution is 8.00. The summed E-state index contributed by atoms with van der Waals surface area (Å²) >= 11 is 9.15. The van der Waals surface area contributed by atoms with E-state index in [2.05, 4.69) is 15.6 Å². The van der Waals surface area contributed by atoms with Crippen LogP contribution < -0.4 is 10.6 Å². The van der Waals surface area contributed by atoms with Crippen LogP contribution in [-0.2, 0) is 21.8 Å². The van der Waals surface area contributed by atoms with Gasteiger partial charge in [0.15, 0.2) is 0 Å². The van der Waals surface area contributed by atoms with E-state index in [1.54, 1.807) is 36.0 Å². The normalized spacial score (nSPS) is 10.5. The van der Waals surface area contributed by atoms with Crippen LogP contribution in [0.4, 0.5) is 11.4 Å². The van der Waals surface area contributed by atoms with Crippen LogP contribution in [0.3, 0.4) is 0 Å². The zero-order valence-corrected chi connectivity index (χ0v) is 17.5. The Balaban J connectivity index is 1.50. The molecule has 0 radical (unpaired) electrons. The maximum absolute atomic E-state index is 12.2. The van der Waals surface area contributed by atoms with Crippen LogP contribution in [0.1, 0.15) is 18.2 Å². The smallest absolute Gasteiger partial charge is 0.230 e. The van der Waals surface area contributed by atoms with E-state index in [4.69, 9.17) is 11.6 Å². The minimum absolute atomic E-state index is 0.135. The Bertz CT molecular complexity index is 974. The highest BCUT2D eigenvalue weighted by atomic mass is 35.5. The molecule has 1 heterocycles. The Morgan fingerprint density at radius 3 is 2.50 bits per heavy atom. The number of aromatic nitrogens is 1. The van der Waals surface area contributed by atoms with E-state index in [1.165, 1.54) is 18.3 Å². The van der Waals surface area contributed by atoms with Crippen LogP contribution in [0, 0.1) is 0 Å². The van der Waals surface area contributed by atoms with E-state index >= 15 is 0 Å². The maximum Gasteiger partial charge on any atom is 0.230 e. The van der Waals surface area contributed by atoms with E-state index in [9.17, 15) is 9.59 Å². The third kappa shape index (κ3) is 6.37. The van der Waals surface area contributed by atoms with Gasteiger partial charge in [-0.2, -0.15) is 0 Å². The Morgan fingerprint density at radius 1 is 1.11 bits per heavy atom. The lowest BCUT2D eigenvalue weighted by atomic mass is 10.2. The van der Waals surface area contributed by atoms with Gasteiger partial charge in [-0.3, -0.25) is 9.59 Å². The van der Waals surface area contributed by atoms with Crippen LogP contribution in [0.2, 0.25) is 5.02 Å². The van der Waals surface area contributed by atoms with Gasteiger partial charge in [-0.05, 0) is 42.0 Å². The largest absolute Gasteiger partial charge is 0.326 e. The maximum atomic E-state index is 12.2. The van der Waals surface area contributed by atoms with Gasteiger partial charge < -0.3 is 10.6 Å². The second-order valence-corrected chi connectivity index (χ2v) is 8.52. The molecule has 0 atom stereocenters. The summed E-state index contributed by atoms with van der Waals surface area (Å²) in [6.07, 6.45) is 0.210. The van der Waals surface area contributed by atoms with Gasteiger partial charge in [0.1, 0.15) is 4.34 Å².